The van der Waals surface area contributed by atoms with Crippen molar-refractivity contribution in [3.63, 3.8) is 0 Å². The first-order valence-electron chi connectivity index (χ1n) is 7.09. The van der Waals surface area contributed by atoms with E-state index in [-0.39, 0.29) is 0 Å². The van der Waals surface area contributed by atoms with Gasteiger partial charge in [0.15, 0.2) is 0 Å². The monoisotopic (exact) mass is 410 g/mol. The van der Waals surface area contributed by atoms with Crippen LogP contribution in [0.15, 0.2) is 81.7 Å². The van der Waals surface area contributed by atoms with Crippen molar-refractivity contribution in [2.75, 3.05) is 0 Å². The maximum Gasteiger partial charge on any atom is 0.0181 e. The van der Waals surface area contributed by atoms with Gasteiger partial charge in [-0.15, -0.1) is 0 Å². The molecule has 0 bridgehead atoms. The molecule has 4 aromatic rings. The van der Waals surface area contributed by atoms with Crippen LogP contribution in [-0.2, 0) is 0 Å². The lowest BCUT2D eigenvalue weighted by Gasteiger charge is -2.09. The average molecular weight is 412 g/mol. The number of rotatable bonds is 1. The molecule has 0 radical (unpaired) electrons. The summed E-state index contributed by atoms with van der Waals surface area (Å²) in [6.07, 6.45) is 0. The second-order valence-corrected chi connectivity index (χ2v) is 7.21. The van der Waals surface area contributed by atoms with Crippen molar-refractivity contribution in [3.05, 3.63) is 81.7 Å². The Bertz CT molecular complexity index is 1000. The summed E-state index contributed by atoms with van der Waals surface area (Å²) in [5.41, 5.74) is 2.52. The van der Waals surface area contributed by atoms with E-state index in [2.05, 4.69) is 105 Å². The van der Waals surface area contributed by atoms with E-state index in [4.69, 9.17) is 0 Å². The molecule has 0 unspecified atom stereocenters. The fourth-order valence-corrected chi connectivity index (χ4v) is 3.65. The molecule has 0 saturated carbocycles. The lowest BCUT2D eigenvalue weighted by molar-refractivity contribution is 1.65. The Kier molecular flexibility index (Phi) is 3.51. The second-order valence-electron chi connectivity index (χ2n) is 5.38. The molecule has 0 amide bonds. The van der Waals surface area contributed by atoms with Crippen LogP contribution in [0.1, 0.15) is 0 Å². The first-order chi connectivity index (χ1) is 10.7. The third kappa shape index (κ3) is 2.47. The van der Waals surface area contributed by atoms with Gasteiger partial charge in [-0.1, -0.05) is 74.3 Å². The molecule has 0 aliphatic heterocycles. The zero-order valence-electron chi connectivity index (χ0n) is 11.7. The van der Waals surface area contributed by atoms with Gasteiger partial charge in [0.25, 0.3) is 0 Å². The molecule has 4 aromatic carbocycles. The maximum absolute atomic E-state index is 3.56. The van der Waals surface area contributed by atoms with E-state index in [9.17, 15) is 0 Å². The zero-order valence-corrected chi connectivity index (χ0v) is 14.9. The molecule has 22 heavy (non-hydrogen) atoms. The Balaban J connectivity index is 1.98. The number of hydrogen-bond acceptors (Lipinski definition) is 0. The summed E-state index contributed by atoms with van der Waals surface area (Å²) >= 11 is 7.10. The van der Waals surface area contributed by atoms with E-state index in [0.717, 1.165) is 8.95 Å². The van der Waals surface area contributed by atoms with Gasteiger partial charge in [-0.25, -0.2) is 0 Å². The Hall–Kier alpha value is -1.64. The Morgan fingerprint density at radius 1 is 0.545 bits per heavy atom. The molecule has 0 aromatic heterocycles. The van der Waals surface area contributed by atoms with Crippen molar-refractivity contribution in [1.82, 2.24) is 0 Å². The second kappa shape index (κ2) is 5.53. The highest BCUT2D eigenvalue weighted by molar-refractivity contribution is 9.10. The molecule has 0 fully saturated rings. The van der Waals surface area contributed by atoms with Crippen LogP contribution in [0.5, 0.6) is 0 Å². The van der Waals surface area contributed by atoms with Gasteiger partial charge in [0.2, 0.25) is 0 Å². The number of benzene rings is 4. The molecule has 0 atom stereocenters. The van der Waals surface area contributed by atoms with Crippen LogP contribution in [0.2, 0.25) is 0 Å². The largest absolute Gasteiger partial charge is 0.0610 e. The highest BCUT2D eigenvalue weighted by Gasteiger charge is 2.05. The van der Waals surface area contributed by atoms with Crippen molar-refractivity contribution in [2.24, 2.45) is 0 Å². The minimum Gasteiger partial charge on any atom is -0.0610 e. The molecule has 0 aliphatic rings. The summed E-state index contributed by atoms with van der Waals surface area (Å²) < 4.78 is 2.22. The van der Waals surface area contributed by atoms with E-state index < -0.39 is 0 Å². The number of halogens is 2. The lowest BCUT2D eigenvalue weighted by atomic mass is 9.96. The van der Waals surface area contributed by atoms with Crippen LogP contribution in [0, 0.1) is 0 Å². The molecule has 0 spiro atoms. The van der Waals surface area contributed by atoms with E-state index in [1.807, 2.05) is 0 Å². The van der Waals surface area contributed by atoms with E-state index in [1.54, 1.807) is 0 Å². The van der Waals surface area contributed by atoms with Crippen molar-refractivity contribution in [2.45, 2.75) is 0 Å². The van der Waals surface area contributed by atoms with Crippen molar-refractivity contribution in [1.29, 1.82) is 0 Å². The fraction of sp³-hybridized carbons (Fsp3) is 0. The maximum atomic E-state index is 3.56. The van der Waals surface area contributed by atoms with Crippen LogP contribution in [0.3, 0.4) is 0 Å². The molecule has 0 heterocycles. The van der Waals surface area contributed by atoms with Crippen LogP contribution < -0.4 is 0 Å². The topological polar surface area (TPSA) is 0 Å². The van der Waals surface area contributed by atoms with Crippen LogP contribution in [0.25, 0.3) is 32.7 Å². The predicted molar refractivity (Wildman–Crippen MR) is 102 cm³/mol. The van der Waals surface area contributed by atoms with Gasteiger partial charge in [0.1, 0.15) is 0 Å². The summed E-state index contributed by atoms with van der Waals surface area (Å²) in [4.78, 5) is 0. The summed E-state index contributed by atoms with van der Waals surface area (Å²) in [6.45, 7) is 0. The number of fused-ring (bicyclic) bond motifs is 2. The van der Waals surface area contributed by atoms with Gasteiger partial charge in [-0.2, -0.15) is 0 Å². The lowest BCUT2D eigenvalue weighted by Crippen LogP contribution is -1.82. The van der Waals surface area contributed by atoms with Crippen molar-refractivity contribution >= 4 is 53.4 Å². The fourth-order valence-electron chi connectivity index (χ4n) is 2.89. The molecular formula is C20H12Br2. The van der Waals surface area contributed by atoms with E-state index >= 15 is 0 Å². The third-order valence-electron chi connectivity index (χ3n) is 3.96. The molecule has 4 rings (SSSR count). The first-order valence-corrected chi connectivity index (χ1v) is 8.67. The van der Waals surface area contributed by atoms with Gasteiger partial charge in [0.05, 0.1) is 0 Å². The minimum atomic E-state index is 1.11. The minimum absolute atomic E-state index is 1.11. The SMILES string of the molecule is Brc1ccc2ccc(-c3cccc4cc(Br)ccc34)cc2c1. The van der Waals surface area contributed by atoms with Crippen LogP contribution in [0.4, 0.5) is 0 Å². The van der Waals surface area contributed by atoms with Crippen LogP contribution >= 0.6 is 31.9 Å². The summed E-state index contributed by atoms with van der Waals surface area (Å²) in [5, 5.41) is 5.04. The molecule has 0 saturated heterocycles. The van der Waals surface area contributed by atoms with Crippen LogP contribution in [-0.4, -0.2) is 0 Å². The quantitative estimate of drug-likeness (QED) is 0.311. The van der Waals surface area contributed by atoms with Gasteiger partial charge >= 0.3 is 0 Å². The van der Waals surface area contributed by atoms with Gasteiger partial charge in [0, 0.05) is 8.95 Å². The summed E-state index contributed by atoms with van der Waals surface area (Å²) in [6, 6.07) is 26.0. The molecule has 106 valence electrons. The third-order valence-corrected chi connectivity index (χ3v) is 4.94. The Morgan fingerprint density at radius 3 is 2.14 bits per heavy atom. The van der Waals surface area contributed by atoms with E-state index in [0.29, 0.717) is 0 Å². The van der Waals surface area contributed by atoms with Crippen molar-refractivity contribution < 1.29 is 0 Å². The summed E-state index contributed by atoms with van der Waals surface area (Å²) in [5.74, 6) is 0. The molecule has 0 nitrogen and oxygen atoms in total. The first kappa shape index (κ1) is 14.0. The normalized spacial score (nSPS) is 11.2. The highest BCUT2D eigenvalue weighted by Crippen LogP contribution is 2.32. The van der Waals surface area contributed by atoms with Gasteiger partial charge in [-0.05, 0) is 63.0 Å². The van der Waals surface area contributed by atoms with Crippen molar-refractivity contribution in [3.8, 4) is 11.1 Å². The highest BCUT2D eigenvalue weighted by atomic mass is 79.9. The standard InChI is InChI=1S/C20H12Br2/c21-17-7-6-13-4-5-15(10-16(13)12-17)19-3-1-2-14-11-18(22)8-9-20(14)19/h1-12H. The molecule has 0 N–H and O–H groups in total. The molecule has 0 aliphatic carbocycles. The van der Waals surface area contributed by atoms with Gasteiger partial charge in [-0.3, -0.25) is 0 Å². The summed E-state index contributed by atoms with van der Waals surface area (Å²) in [7, 11) is 0. The molecule has 2 heteroatoms. The Labute approximate surface area is 146 Å². The smallest absolute Gasteiger partial charge is 0.0181 e. The molecular weight excluding hydrogens is 400 g/mol. The van der Waals surface area contributed by atoms with E-state index in [1.165, 1.54) is 32.7 Å². The number of hydrogen-bond donors (Lipinski definition) is 0. The predicted octanol–water partition coefficient (Wildman–Crippen LogP) is 7.19. The zero-order chi connectivity index (χ0) is 15.1. The average Bonchev–Trinajstić information content (AvgIpc) is 2.53. The van der Waals surface area contributed by atoms with Gasteiger partial charge < -0.3 is 0 Å². The Morgan fingerprint density at radius 2 is 1.27 bits per heavy atom.